The van der Waals surface area contributed by atoms with Gasteiger partial charge in [-0.1, -0.05) is 0 Å². The molecular weight excluding hydrogens is 265 g/mol. The van der Waals surface area contributed by atoms with Crippen LogP contribution in [-0.4, -0.2) is 22.2 Å². The molecule has 0 aliphatic heterocycles. The van der Waals surface area contributed by atoms with Crippen LogP contribution in [0.5, 0.6) is 0 Å². The lowest BCUT2D eigenvalue weighted by molar-refractivity contribution is -0.137. The van der Waals surface area contributed by atoms with Gasteiger partial charge in [0.15, 0.2) is 5.01 Å². The maximum atomic E-state index is 12.4. The SMILES string of the molecule is CC(C)(C)NCC(C)(O)c1cnc(C(F)(F)F)s1. The number of hydrogen-bond acceptors (Lipinski definition) is 4. The summed E-state index contributed by atoms with van der Waals surface area (Å²) in [5.74, 6) is 0. The van der Waals surface area contributed by atoms with Gasteiger partial charge in [-0.25, -0.2) is 4.98 Å². The van der Waals surface area contributed by atoms with Crippen LogP contribution in [0.2, 0.25) is 0 Å². The topological polar surface area (TPSA) is 45.1 Å². The molecule has 3 nitrogen and oxygen atoms in total. The van der Waals surface area contributed by atoms with Crippen molar-refractivity contribution in [2.45, 2.75) is 45.0 Å². The summed E-state index contributed by atoms with van der Waals surface area (Å²) in [5, 5.41) is 12.3. The van der Waals surface area contributed by atoms with E-state index < -0.39 is 16.8 Å². The predicted molar refractivity (Wildman–Crippen MR) is 64.4 cm³/mol. The number of aliphatic hydroxyl groups is 1. The van der Waals surface area contributed by atoms with Gasteiger partial charge in [-0.2, -0.15) is 13.2 Å². The highest BCUT2D eigenvalue weighted by molar-refractivity contribution is 7.11. The molecule has 0 saturated heterocycles. The highest BCUT2D eigenvalue weighted by Gasteiger charge is 2.37. The van der Waals surface area contributed by atoms with Gasteiger partial charge in [0, 0.05) is 18.3 Å². The molecular formula is C11H17F3N2OS. The zero-order valence-electron chi connectivity index (χ0n) is 10.7. The molecule has 2 N–H and O–H groups in total. The van der Waals surface area contributed by atoms with E-state index in [0.717, 1.165) is 6.20 Å². The summed E-state index contributed by atoms with van der Waals surface area (Å²) in [6.45, 7) is 7.38. The number of alkyl halides is 3. The summed E-state index contributed by atoms with van der Waals surface area (Å²) < 4.78 is 37.2. The Morgan fingerprint density at radius 1 is 1.28 bits per heavy atom. The first-order valence-corrected chi connectivity index (χ1v) is 6.24. The predicted octanol–water partition coefficient (Wildman–Crippen LogP) is 2.76. The van der Waals surface area contributed by atoms with E-state index in [-0.39, 0.29) is 17.0 Å². The van der Waals surface area contributed by atoms with Crippen LogP contribution in [0.15, 0.2) is 6.20 Å². The van der Waals surface area contributed by atoms with Gasteiger partial charge in [-0.3, -0.25) is 0 Å². The Hall–Kier alpha value is -0.660. The molecule has 0 amide bonds. The number of nitrogens with zero attached hydrogens (tertiary/aromatic N) is 1. The first-order chi connectivity index (χ1) is 7.92. The number of halogens is 3. The molecule has 0 aliphatic rings. The molecule has 1 rings (SSSR count). The molecule has 0 spiro atoms. The molecule has 18 heavy (non-hydrogen) atoms. The fourth-order valence-electron chi connectivity index (χ4n) is 1.18. The van der Waals surface area contributed by atoms with Crippen molar-refractivity contribution >= 4 is 11.3 Å². The quantitative estimate of drug-likeness (QED) is 0.896. The van der Waals surface area contributed by atoms with Gasteiger partial charge in [0.2, 0.25) is 0 Å². The van der Waals surface area contributed by atoms with Crippen LogP contribution >= 0.6 is 11.3 Å². The van der Waals surface area contributed by atoms with Crippen molar-refractivity contribution in [3.05, 3.63) is 16.1 Å². The normalized spacial score (nSPS) is 16.7. The zero-order valence-corrected chi connectivity index (χ0v) is 11.5. The highest BCUT2D eigenvalue weighted by atomic mass is 32.1. The smallest absolute Gasteiger partial charge is 0.383 e. The molecule has 0 aromatic carbocycles. The van der Waals surface area contributed by atoms with Crippen LogP contribution in [0, 0.1) is 0 Å². The van der Waals surface area contributed by atoms with Crippen molar-refractivity contribution in [3.8, 4) is 0 Å². The molecule has 0 aliphatic carbocycles. The number of thiazole rings is 1. The summed E-state index contributed by atoms with van der Waals surface area (Å²) in [6, 6.07) is 0. The Labute approximate surface area is 108 Å². The fourth-order valence-corrected chi connectivity index (χ4v) is 2.01. The Kier molecular flexibility index (Phi) is 4.10. The first kappa shape index (κ1) is 15.4. The summed E-state index contributed by atoms with van der Waals surface area (Å²) in [6.07, 6.45) is -3.38. The second-order valence-electron chi connectivity index (χ2n) is 5.40. The van der Waals surface area contributed by atoms with Crippen molar-refractivity contribution in [2.75, 3.05) is 6.54 Å². The summed E-state index contributed by atoms with van der Waals surface area (Å²) in [7, 11) is 0. The summed E-state index contributed by atoms with van der Waals surface area (Å²) in [4.78, 5) is 3.50. The van der Waals surface area contributed by atoms with Crippen LogP contribution in [0.25, 0.3) is 0 Å². The standard InChI is InChI=1S/C11H17F3N2OS/c1-9(2,3)16-6-10(4,17)7-5-15-8(18-7)11(12,13)14/h5,16-17H,6H2,1-4H3. The van der Waals surface area contributed by atoms with Crippen LogP contribution < -0.4 is 5.32 Å². The van der Waals surface area contributed by atoms with E-state index in [1.165, 1.54) is 6.92 Å². The van der Waals surface area contributed by atoms with E-state index in [0.29, 0.717) is 11.3 Å². The third-order valence-corrected chi connectivity index (χ3v) is 3.54. The van der Waals surface area contributed by atoms with Crippen LogP contribution in [0.3, 0.4) is 0 Å². The highest BCUT2D eigenvalue weighted by Crippen LogP contribution is 2.35. The third-order valence-electron chi connectivity index (χ3n) is 2.24. The number of β-amino-alcohol motifs (C(OH)–C–C–N with tert-alkyl or cyclic N) is 1. The van der Waals surface area contributed by atoms with Crippen molar-refractivity contribution in [1.29, 1.82) is 0 Å². The second kappa shape index (κ2) is 4.79. The Bertz CT molecular complexity index is 407. The maximum absolute atomic E-state index is 12.4. The van der Waals surface area contributed by atoms with Gasteiger partial charge in [-0.05, 0) is 27.7 Å². The van der Waals surface area contributed by atoms with E-state index in [2.05, 4.69) is 10.3 Å². The molecule has 0 bridgehead atoms. The van der Waals surface area contributed by atoms with E-state index in [4.69, 9.17) is 0 Å². The van der Waals surface area contributed by atoms with Crippen LogP contribution in [0.1, 0.15) is 37.6 Å². The first-order valence-electron chi connectivity index (χ1n) is 5.43. The lowest BCUT2D eigenvalue weighted by Crippen LogP contribution is -2.44. The number of hydrogen-bond donors (Lipinski definition) is 2. The van der Waals surface area contributed by atoms with Crippen molar-refractivity contribution < 1.29 is 18.3 Å². The average Bonchev–Trinajstić information content (AvgIpc) is 2.62. The largest absolute Gasteiger partial charge is 0.443 e. The monoisotopic (exact) mass is 282 g/mol. The minimum Gasteiger partial charge on any atom is -0.383 e. The van der Waals surface area contributed by atoms with E-state index in [1.807, 2.05) is 20.8 Å². The van der Waals surface area contributed by atoms with Crippen molar-refractivity contribution in [2.24, 2.45) is 0 Å². The van der Waals surface area contributed by atoms with Gasteiger partial charge < -0.3 is 10.4 Å². The molecule has 1 unspecified atom stereocenters. The maximum Gasteiger partial charge on any atom is 0.443 e. The number of rotatable bonds is 3. The molecule has 1 aromatic rings. The Balaban J connectivity index is 2.82. The summed E-state index contributed by atoms with van der Waals surface area (Å²) >= 11 is 0.471. The third kappa shape index (κ3) is 4.22. The Morgan fingerprint density at radius 2 is 1.83 bits per heavy atom. The van der Waals surface area contributed by atoms with Gasteiger partial charge in [0.05, 0.1) is 4.88 Å². The van der Waals surface area contributed by atoms with Crippen LogP contribution in [0.4, 0.5) is 13.2 Å². The van der Waals surface area contributed by atoms with Gasteiger partial charge >= 0.3 is 6.18 Å². The minimum atomic E-state index is -4.46. The average molecular weight is 282 g/mol. The second-order valence-corrected chi connectivity index (χ2v) is 6.44. The summed E-state index contributed by atoms with van der Waals surface area (Å²) in [5.41, 5.74) is -1.59. The van der Waals surface area contributed by atoms with E-state index in [9.17, 15) is 18.3 Å². The number of aromatic nitrogens is 1. The van der Waals surface area contributed by atoms with Crippen LogP contribution in [-0.2, 0) is 11.8 Å². The molecule has 1 aromatic heterocycles. The minimum absolute atomic E-state index is 0.163. The van der Waals surface area contributed by atoms with Gasteiger partial charge in [0.1, 0.15) is 5.60 Å². The molecule has 7 heteroatoms. The zero-order chi connectivity index (χ0) is 14.2. The molecule has 0 saturated carbocycles. The van der Waals surface area contributed by atoms with E-state index >= 15 is 0 Å². The van der Waals surface area contributed by atoms with E-state index in [1.54, 1.807) is 0 Å². The molecule has 1 heterocycles. The molecule has 1 atom stereocenters. The van der Waals surface area contributed by atoms with Crippen molar-refractivity contribution in [1.82, 2.24) is 10.3 Å². The molecule has 0 fully saturated rings. The number of nitrogens with one attached hydrogen (secondary N) is 1. The van der Waals surface area contributed by atoms with Gasteiger partial charge in [0.25, 0.3) is 0 Å². The van der Waals surface area contributed by atoms with Gasteiger partial charge in [-0.15, -0.1) is 11.3 Å². The van der Waals surface area contributed by atoms with Crippen molar-refractivity contribution in [3.63, 3.8) is 0 Å². The molecule has 0 radical (unpaired) electrons. The lowest BCUT2D eigenvalue weighted by atomic mass is 10.0. The Morgan fingerprint density at radius 3 is 2.22 bits per heavy atom. The fraction of sp³-hybridized carbons (Fsp3) is 0.727. The molecule has 104 valence electrons. The lowest BCUT2D eigenvalue weighted by Gasteiger charge is -2.28.